The topological polar surface area (TPSA) is 38.3 Å². The van der Waals surface area contributed by atoms with Crippen LogP contribution in [0, 0.1) is 0 Å². The maximum Gasteiger partial charge on any atom is 0.258 e. The van der Waals surface area contributed by atoms with Crippen LogP contribution in [0.25, 0.3) is 0 Å². The van der Waals surface area contributed by atoms with Gasteiger partial charge in [0.15, 0.2) is 6.61 Å². The normalized spacial score (nSPS) is 9.82. The maximum atomic E-state index is 11.3. The van der Waals surface area contributed by atoms with E-state index in [0.29, 0.717) is 22.3 Å². The van der Waals surface area contributed by atoms with Crippen molar-refractivity contribution in [2.24, 2.45) is 0 Å². The molecule has 3 nitrogen and oxygen atoms in total. The summed E-state index contributed by atoms with van der Waals surface area (Å²) in [5, 5.41) is 3.50. The van der Waals surface area contributed by atoms with Crippen LogP contribution in [0.4, 0.5) is 0 Å². The second-order valence-corrected chi connectivity index (χ2v) is 4.41. The van der Waals surface area contributed by atoms with E-state index in [1.165, 1.54) is 0 Å². The van der Waals surface area contributed by atoms with Crippen molar-refractivity contribution in [2.75, 3.05) is 13.2 Å². The molecule has 0 saturated heterocycles. The van der Waals surface area contributed by atoms with Crippen LogP contribution >= 0.6 is 23.2 Å². The quantitative estimate of drug-likeness (QED) is 0.838. The van der Waals surface area contributed by atoms with Crippen LogP contribution in [0.3, 0.4) is 0 Å². The Hall–Kier alpha value is -1.19. The van der Waals surface area contributed by atoms with Gasteiger partial charge >= 0.3 is 0 Å². The molecule has 0 bridgehead atoms. The molecule has 0 saturated carbocycles. The summed E-state index contributed by atoms with van der Waals surface area (Å²) in [6.45, 7) is 5.90. The SMILES string of the molecule is C=C(C)CNC(=O)COc1ccc(Cl)c(Cl)c1. The molecule has 0 aliphatic rings. The van der Waals surface area contributed by atoms with Crippen LogP contribution in [0.1, 0.15) is 6.92 Å². The maximum absolute atomic E-state index is 11.3. The van der Waals surface area contributed by atoms with Crippen molar-refractivity contribution < 1.29 is 9.53 Å². The molecule has 1 aromatic carbocycles. The second kappa shape index (κ2) is 6.52. The highest BCUT2D eigenvalue weighted by atomic mass is 35.5. The van der Waals surface area contributed by atoms with Crippen molar-refractivity contribution in [2.45, 2.75) is 6.92 Å². The third kappa shape index (κ3) is 5.11. The predicted octanol–water partition coefficient (Wildman–Crippen LogP) is 3.06. The highest BCUT2D eigenvalue weighted by Crippen LogP contribution is 2.26. The second-order valence-electron chi connectivity index (χ2n) is 3.60. The monoisotopic (exact) mass is 273 g/mol. The predicted molar refractivity (Wildman–Crippen MR) is 69.8 cm³/mol. The van der Waals surface area contributed by atoms with E-state index in [4.69, 9.17) is 27.9 Å². The number of ether oxygens (including phenoxy) is 1. The van der Waals surface area contributed by atoms with E-state index in [-0.39, 0.29) is 12.5 Å². The van der Waals surface area contributed by atoms with Gasteiger partial charge < -0.3 is 10.1 Å². The molecule has 0 heterocycles. The lowest BCUT2D eigenvalue weighted by molar-refractivity contribution is -0.122. The fourth-order valence-electron chi connectivity index (χ4n) is 1.02. The molecule has 17 heavy (non-hydrogen) atoms. The first kappa shape index (κ1) is 13.9. The summed E-state index contributed by atoms with van der Waals surface area (Å²) in [6.07, 6.45) is 0. The minimum Gasteiger partial charge on any atom is -0.484 e. The van der Waals surface area contributed by atoms with E-state index in [2.05, 4.69) is 11.9 Å². The third-order valence-electron chi connectivity index (χ3n) is 1.85. The van der Waals surface area contributed by atoms with Crippen LogP contribution in [0.15, 0.2) is 30.4 Å². The molecule has 0 spiro atoms. The molecule has 1 N–H and O–H groups in total. The Morgan fingerprint density at radius 2 is 2.12 bits per heavy atom. The lowest BCUT2D eigenvalue weighted by Crippen LogP contribution is -2.29. The average Bonchev–Trinajstić information content (AvgIpc) is 2.28. The third-order valence-corrected chi connectivity index (χ3v) is 2.59. The number of carbonyl (C=O) groups is 1. The van der Waals surface area contributed by atoms with E-state index in [1.54, 1.807) is 18.2 Å². The van der Waals surface area contributed by atoms with Gasteiger partial charge in [-0.25, -0.2) is 0 Å². The summed E-state index contributed by atoms with van der Waals surface area (Å²) in [7, 11) is 0. The van der Waals surface area contributed by atoms with Gasteiger partial charge in [-0.1, -0.05) is 35.4 Å². The molecular formula is C12H13Cl2NO2. The number of hydrogen-bond donors (Lipinski definition) is 1. The molecule has 0 atom stereocenters. The van der Waals surface area contributed by atoms with Gasteiger partial charge in [-0.3, -0.25) is 4.79 Å². The molecule has 0 aliphatic heterocycles. The Kier molecular flexibility index (Phi) is 5.32. The first-order valence-corrected chi connectivity index (χ1v) is 5.73. The Bertz CT molecular complexity index is 433. The Labute approximate surface area is 110 Å². The minimum absolute atomic E-state index is 0.0642. The largest absolute Gasteiger partial charge is 0.484 e. The number of benzene rings is 1. The Morgan fingerprint density at radius 1 is 1.41 bits per heavy atom. The Balaban J connectivity index is 2.42. The average molecular weight is 274 g/mol. The molecular weight excluding hydrogens is 261 g/mol. The van der Waals surface area contributed by atoms with Gasteiger partial charge in [0.1, 0.15) is 5.75 Å². The van der Waals surface area contributed by atoms with Gasteiger partial charge in [-0.15, -0.1) is 0 Å². The van der Waals surface area contributed by atoms with Gasteiger partial charge in [0.05, 0.1) is 10.0 Å². The number of carbonyl (C=O) groups excluding carboxylic acids is 1. The molecule has 5 heteroatoms. The van der Waals surface area contributed by atoms with Crippen LogP contribution in [0.5, 0.6) is 5.75 Å². The summed E-state index contributed by atoms with van der Waals surface area (Å²) in [5.41, 5.74) is 0.882. The number of amides is 1. The van der Waals surface area contributed by atoms with Gasteiger partial charge in [0.25, 0.3) is 5.91 Å². The van der Waals surface area contributed by atoms with Gasteiger partial charge in [-0.2, -0.15) is 0 Å². The minimum atomic E-state index is -0.209. The van der Waals surface area contributed by atoms with Crippen LogP contribution < -0.4 is 10.1 Å². The Morgan fingerprint density at radius 3 is 2.71 bits per heavy atom. The molecule has 1 rings (SSSR count). The number of hydrogen-bond acceptors (Lipinski definition) is 2. The van der Waals surface area contributed by atoms with Crippen molar-refractivity contribution >= 4 is 29.1 Å². The van der Waals surface area contributed by atoms with E-state index >= 15 is 0 Å². The molecule has 0 aromatic heterocycles. The smallest absolute Gasteiger partial charge is 0.258 e. The van der Waals surface area contributed by atoms with Gasteiger partial charge in [0.2, 0.25) is 0 Å². The van der Waals surface area contributed by atoms with Crippen molar-refractivity contribution in [1.29, 1.82) is 0 Å². The van der Waals surface area contributed by atoms with Crippen molar-refractivity contribution in [3.05, 3.63) is 40.4 Å². The summed E-state index contributed by atoms with van der Waals surface area (Å²) < 4.78 is 5.25. The number of nitrogens with one attached hydrogen (secondary N) is 1. The standard InChI is InChI=1S/C12H13Cl2NO2/c1-8(2)6-15-12(16)7-17-9-3-4-10(13)11(14)5-9/h3-5H,1,6-7H2,2H3,(H,15,16). The first-order valence-electron chi connectivity index (χ1n) is 4.98. The van der Waals surface area contributed by atoms with E-state index in [0.717, 1.165) is 5.57 Å². The van der Waals surface area contributed by atoms with Crippen LogP contribution in [-0.2, 0) is 4.79 Å². The van der Waals surface area contributed by atoms with E-state index in [1.807, 2.05) is 6.92 Å². The van der Waals surface area contributed by atoms with Crippen molar-refractivity contribution in [3.63, 3.8) is 0 Å². The van der Waals surface area contributed by atoms with E-state index in [9.17, 15) is 4.79 Å². The first-order chi connectivity index (χ1) is 7.99. The summed E-state index contributed by atoms with van der Waals surface area (Å²) in [4.78, 5) is 11.3. The highest BCUT2D eigenvalue weighted by molar-refractivity contribution is 6.42. The highest BCUT2D eigenvalue weighted by Gasteiger charge is 2.04. The molecule has 0 radical (unpaired) electrons. The molecule has 1 aromatic rings. The molecule has 0 aliphatic carbocycles. The molecule has 0 fully saturated rings. The number of halogens is 2. The molecule has 1 amide bonds. The van der Waals surface area contributed by atoms with Gasteiger partial charge in [-0.05, 0) is 19.1 Å². The van der Waals surface area contributed by atoms with Gasteiger partial charge in [0, 0.05) is 12.6 Å². The summed E-state index contributed by atoms with van der Waals surface area (Å²) in [5.74, 6) is 0.295. The van der Waals surface area contributed by atoms with Crippen LogP contribution in [-0.4, -0.2) is 19.1 Å². The lowest BCUT2D eigenvalue weighted by Gasteiger charge is -2.07. The van der Waals surface area contributed by atoms with E-state index < -0.39 is 0 Å². The lowest BCUT2D eigenvalue weighted by atomic mass is 10.3. The fraction of sp³-hybridized carbons (Fsp3) is 0.250. The fourth-order valence-corrected chi connectivity index (χ4v) is 1.30. The zero-order valence-corrected chi connectivity index (χ0v) is 10.9. The van der Waals surface area contributed by atoms with Crippen LogP contribution in [0.2, 0.25) is 10.0 Å². The number of rotatable bonds is 5. The van der Waals surface area contributed by atoms with Crippen molar-refractivity contribution in [3.8, 4) is 5.75 Å². The molecule has 0 unspecified atom stereocenters. The summed E-state index contributed by atoms with van der Waals surface area (Å²) >= 11 is 11.6. The zero-order valence-electron chi connectivity index (χ0n) is 9.43. The zero-order chi connectivity index (χ0) is 12.8. The van der Waals surface area contributed by atoms with Crippen molar-refractivity contribution in [1.82, 2.24) is 5.32 Å². The summed E-state index contributed by atoms with van der Waals surface area (Å²) in [6, 6.07) is 4.83. The molecule has 92 valence electrons.